The Balaban J connectivity index is 1.61. The predicted octanol–water partition coefficient (Wildman–Crippen LogP) is 6.09. The predicted molar refractivity (Wildman–Crippen MR) is 119 cm³/mol. The van der Waals surface area contributed by atoms with Gasteiger partial charge in [0.2, 0.25) is 0 Å². The monoisotopic (exact) mass is 416 g/mol. The molecule has 0 bridgehead atoms. The van der Waals surface area contributed by atoms with Crippen LogP contribution in [-0.2, 0) is 5.54 Å². The van der Waals surface area contributed by atoms with E-state index in [2.05, 4.69) is 11.4 Å². The molecule has 1 saturated heterocycles. The maximum Gasteiger partial charge on any atom is 0.131 e. The van der Waals surface area contributed by atoms with Crippen LogP contribution >= 0.6 is 0 Å². The van der Waals surface area contributed by atoms with Crippen molar-refractivity contribution in [3.05, 3.63) is 77.6 Å². The summed E-state index contributed by atoms with van der Waals surface area (Å²) < 4.78 is 25.9. The lowest BCUT2D eigenvalue weighted by Gasteiger charge is -2.27. The number of hydrogen-bond acceptors (Lipinski definition) is 4. The van der Waals surface area contributed by atoms with Crippen LogP contribution in [0.5, 0.6) is 17.2 Å². The third-order valence-electron chi connectivity index (χ3n) is 6.01. The molecule has 1 atom stereocenters. The highest BCUT2D eigenvalue weighted by Crippen LogP contribution is 2.37. The Hall–Kier alpha value is -3.36. The van der Waals surface area contributed by atoms with Crippen molar-refractivity contribution in [2.45, 2.75) is 31.7 Å². The van der Waals surface area contributed by atoms with Gasteiger partial charge < -0.3 is 14.8 Å². The Kier molecular flexibility index (Phi) is 5.92. The van der Waals surface area contributed by atoms with Gasteiger partial charge in [0.25, 0.3) is 0 Å². The topological polar surface area (TPSA) is 54.3 Å². The molecule has 1 aliphatic rings. The maximum atomic E-state index is 14.5. The van der Waals surface area contributed by atoms with Crippen molar-refractivity contribution < 1.29 is 13.9 Å². The van der Waals surface area contributed by atoms with Gasteiger partial charge in [0.05, 0.1) is 25.1 Å². The van der Waals surface area contributed by atoms with Gasteiger partial charge in [-0.2, -0.15) is 5.26 Å². The SMILES string of the molecule is COc1ccc(F)c(-c2cccc(Oc3ccc([C@@]4(CC#N)CCCN4)cc3)c2C)c1. The van der Waals surface area contributed by atoms with E-state index < -0.39 is 0 Å². The zero-order valence-electron chi connectivity index (χ0n) is 17.7. The van der Waals surface area contributed by atoms with Crippen LogP contribution in [0.2, 0.25) is 0 Å². The number of nitrogens with zero attached hydrogens (tertiary/aromatic N) is 1. The molecule has 31 heavy (non-hydrogen) atoms. The van der Waals surface area contributed by atoms with Crippen LogP contribution in [0.1, 0.15) is 30.4 Å². The Morgan fingerprint density at radius 2 is 1.84 bits per heavy atom. The highest BCUT2D eigenvalue weighted by molar-refractivity contribution is 5.71. The molecule has 4 rings (SSSR count). The van der Waals surface area contributed by atoms with E-state index in [0.717, 1.165) is 36.1 Å². The van der Waals surface area contributed by atoms with Crippen molar-refractivity contribution in [2.75, 3.05) is 13.7 Å². The lowest BCUT2D eigenvalue weighted by molar-refractivity contribution is 0.398. The van der Waals surface area contributed by atoms with Gasteiger partial charge in [-0.3, -0.25) is 0 Å². The van der Waals surface area contributed by atoms with Crippen molar-refractivity contribution in [1.82, 2.24) is 5.32 Å². The highest BCUT2D eigenvalue weighted by Gasteiger charge is 2.35. The zero-order valence-corrected chi connectivity index (χ0v) is 17.7. The third-order valence-corrected chi connectivity index (χ3v) is 6.01. The third kappa shape index (κ3) is 4.12. The van der Waals surface area contributed by atoms with Crippen LogP contribution in [0.15, 0.2) is 60.7 Å². The Morgan fingerprint density at radius 1 is 1.06 bits per heavy atom. The molecule has 1 aliphatic heterocycles. The number of methoxy groups -OCH3 is 1. The summed E-state index contributed by atoms with van der Waals surface area (Å²) in [4.78, 5) is 0. The Labute approximate surface area is 182 Å². The average Bonchev–Trinajstić information content (AvgIpc) is 3.26. The summed E-state index contributed by atoms with van der Waals surface area (Å²) >= 11 is 0. The first kappa shape index (κ1) is 20.9. The fraction of sp³-hybridized carbons (Fsp3) is 0.269. The second kappa shape index (κ2) is 8.79. The Bertz CT molecular complexity index is 1110. The molecule has 1 fully saturated rings. The van der Waals surface area contributed by atoms with Crippen LogP contribution < -0.4 is 14.8 Å². The van der Waals surface area contributed by atoms with Crippen molar-refractivity contribution in [2.24, 2.45) is 0 Å². The van der Waals surface area contributed by atoms with E-state index in [1.165, 1.54) is 6.07 Å². The van der Waals surface area contributed by atoms with Crippen molar-refractivity contribution in [1.29, 1.82) is 5.26 Å². The van der Waals surface area contributed by atoms with E-state index in [4.69, 9.17) is 9.47 Å². The highest BCUT2D eigenvalue weighted by atomic mass is 19.1. The zero-order chi connectivity index (χ0) is 21.8. The van der Waals surface area contributed by atoms with Gasteiger partial charge in [0.15, 0.2) is 0 Å². The largest absolute Gasteiger partial charge is 0.497 e. The second-order valence-corrected chi connectivity index (χ2v) is 7.85. The van der Waals surface area contributed by atoms with Gasteiger partial charge in [0.1, 0.15) is 23.1 Å². The molecule has 0 spiro atoms. The summed E-state index contributed by atoms with van der Waals surface area (Å²) in [6.07, 6.45) is 2.46. The van der Waals surface area contributed by atoms with Crippen LogP contribution in [0.4, 0.5) is 4.39 Å². The first-order chi connectivity index (χ1) is 15.1. The van der Waals surface area contributed by atoms with Crippen LogP contribution in [-0.4, -0.2) is 13.7 Å². The fourth-order valence-corrected chi connectivity index (χ4v) is 4.26. The minimum atomic E-state index is -0.308. The first-order valence-corrected chi connectivity index (χ1v) is 10.4. The van der Waals surface area contributed by atoms with Crippen LogP contribution in [0.25, 0.3) is 11.1 Å². The maximum absolute atomic E-state index is 14.5. The molecule has 0 unspecified atom stereocenters. The summed E-state index contributed by atoms with van der Waals surface area (Å²) in [6.45, 7) is 2.84. The van der Waals surface area contributed by atoms with Crippen molar-refractivity contribution in [3.63, 3.8) is 0 Å². The number of nitriles is 1. The summed E-state index contributed by atoms with van der Waals surface area (Å²) in [5.41, 5.74) is 2.91. The minimum absolute atomic E-state index is 0.271. The molecular weight excluding hydrogens is 391 g/mol. The molecule has 0 aromatic heterocycles. The van der Waals surface area contributed by atoms with Crippen molar-refractivity contribution in [3.8, 4) is 34.4 Å². The molecule has 0 amide bonds. The smallest absolute Gasteiger partial charge is 0.131 e. The summed E-state index contributed by atoms with van der Waals surface area (Å²) in [5.74, 6) is 1.65. The van der Waals surface area contributed by atoms with E-state index in [1.807, 2.05) is 49.4 Å². The lowest BCUT2D eigenvalue weighted by Crippen LogP contribution is -2.36. The molecule has 1 heterocycles. The molecule has 0 radical (unpaired) electrons. The first-order valence-electron chi connectivity index (χ1n) is 10.4. The molecule has 3 aromatic rings. The number of rotatable bonds is 6. The second-order valence-electron chi connectivity index (χ2n) is 7.85. The van der Waals surface area contributed by atoms with Gasteiger partial charge >= 0.3 is 0 Å². The summed E-state index contributed by atoms with van der Waals surface area (Å²) in [5, 5.41) is 12.8. The number of halogens is 1. The van der Waals surface area contributed by atoms with E-state index >= 15 is 0 Å². The summed E-state index contributed by atoms with van der Waals surface area (Å²) in [7, 11) is 1.56. The molecule has 4 nitrogen and oxygen atoms in total. The van der Waals surface area contributed by atoms with Crippen LogP contribution in [0, 0.1) is 24.1 Å². The number of nitrogens with one attached hydrogen (secondary N) is 1. The number of benzene rings is 3. The summed E-state index contributed by atoms with van der Waals surface area (Å²) in [6, 6.07) is 20.5. The number of hydrogen-bond donors (Lipinski definition) is 1. The van der Waals surface area contributed by atoms with Crippen molar-refractivity contribution >= 4 is 0 Å². The van der Waals surface area contributed by atoms with E-state index in [0.29, 0.717) is 29.2 Å². The minimum Gasteiger partial charge on any atom is -0.497 e. The fourth-order valence-electron chi connectivity index (χ4n) is 4.26. The molecule has 0 saturated carbocycles. The normalized spacial score (nSPS) is 17.9. The van der Waals surface area contributed by atoms with E-state index in [1.54, 1.807) is 19.2 Å². The van der Waals surface area contributed by atoms with Gasteiger partial charge in [-0.25, -0.2) is 4.39 Å². The Morgan fingerprint density at radius 3 is 2.52 bits per heavy atom. The quantitative estimate of drug-likeness (QED) is 0.528. The van der Waals surface area contributed by atoms with Crippen LogP contribution in [0.3, 0.4) is 0 Å². The standard InChI is InChI=1S/C26H25FN2O2/c1-18-22(23-17-21(30-2)11-12-24(23)27)5-3-6-25(18)31-20-9-7-19(8-10-20)26(14-15-28)13-4-16-29-26/h3,5-12,17,29H,4,13-14,16H2,1-2H3/t26-/m0/s1. The molecule has 0 aliphatic carbocycles. The van der Waals surface area contributed by atoms with E-state index in [-0.39, 0.29) is 11.4 Å². The van der Waals surface area contributed by atoms with Gasteiger partial charge in [-0.15, -0.1) is 0 Å². The number of ether oxygens (including phenoxy) is 2. The van der Waals surface area contributed by atoms with Gasteiger partial charge in [0, 0.05) is 5.56 Å². The molecule has 1 N–H and O–H groups in total. The molecule has 3 aromatic carbocycles. The van der Waals surface area contributed by atoms with Gasteiger partial charge in [-0.05, 0) is 79.4 Å². The van der Waals surface area contributed by atoms with Gasteiger partial charge in [-0.1, -0.05) is 24.3 Å². The molecule has 158 valence electrons. The molecular formula is C26H25FN2O2. The van der Waals surface area contributed by atoms with E-state index in [9.17, 15) is 9.65 Å². The lowest BCUT2D eigenvalue weighted by atomic mass is 9.86. The average molecular weight is 416 g/mol. The molecule has 5 heteroatoms.